The van der Waals surface area contributed by atoms with Crippen LogP contribution >= 0.6 is 31.4 Å². The molecule has 0 spiro atoms. The minimum absolute atomic E-state index is 0.188. The molecule has 28 heavy (non-hydrogen) atoms. The molecule has 0 saturated heterocycles. The van der Waals surface area contributed by atoms with Gasteiger partial charge in [-0.3, -0.25) is 9.59 Å². The molecule has 0 aromatic heterocycles. The van der Waals surface area contributed by atoms with Crippen LogP contribution in [0.2, 0.25) is 0 Å². The molecule has 2 atom stereocenters. The van der Waals surface area contributed by atoms with Crippen molar-refractivity contribution in [2.24, 2.45) is 0 Å². The van der Waals surface area contributed by atoms with Gasteiger partial charge in [0.2, 0.25) is 11.8 Å². The fraction of sp³-hybridized carbons (Fsp3) is 0.824. The first kappa shape index (κ1) is 27.4. The van der Waals surface area contributed by atoms with E-state index in [0.717, 1.165) is 0 Å². The van der Waals surface area contributed by atoms with Crippen molar-refractivity contribution < 1.29 is 28.6 Å². The van der Waals surface area contributed by atoms with E-state index in [-0.39, 0.29) is 11.8 Å². The smallest absolute Gasteiger partial charge is 0.329 e. The van der Waals surface area contributed by atoms with Gasteiger partial charge < -0.3 is 24.8 Å². The van der Waals surface area contributed by atoms with Gasteiger partial charge in [-0.25, -0.2) is 4.79 Å². The van der Waals surface area contributed by atoms with Crippen LogP contribution in [0.4, 0.5) is 0 Å². The molecule has 2 amide bonds. The summed E-state index contributed by atoms with van der Waals surface area (Å²) < 4.78 is 14.4. The number of hydrogen-bond donors (Lipinski definition) is 2. The number of esters is 1. The van der Waals surface area contributed by atoms with Crippen LogP contribution in [0.5, 0.6) is 0 Å². The molecule has 2 N–H and O–H groups in total. The molecule has 0 rings (SSSR count). The predicted molar refractivity (Wildman–Crippen MR) is 116 cm³/mol. The van der Waals surface area contributed by atoms with E-state index in [2.05, 4.69) is 10.6 Å². The average molecular weight is 457 g/mol. The minimum Gasteiger partial charge on any atom is -0.467 e. The first-order valence-electron chi connectivity index (χ1n) is 8.53. The zero-order valence-corrected chi connectivity index (χ0v) is 20.4. The Kier molecular flexibility index (Phi) is 11.9. The molecule has 11 heteroatoms. The maximum Gasteiger partial charge on any atom is 0.329 e. The Bertz CT molecular complexity index is 541. The Balaban J connectivity index is 5.22. The predicted octanol–water partition coefficient (Wildman–Crippen LogP) is 2.37. The molecule has 2 unspecified atom stereocenters. The first-order valence-corrected chi connectivity index (χ1v) is 12.0. The normalized spacial score (nSPS) is 14.4. The van der Waals surface area contributed by atoms with Gasteiger partial charge in [0.05, 0.1) is 17.9 Å². The number of carbonyl (C=O) groups is 3. The summed E-state index contributed by atoms with van der Waals surface area (Å²) in [6, 6.07) is -1.21. The van der Waals surface area contributed by atoms with Crippen molar-refractivity contribution in [1.82, 2.24) is 10.6 Å². The van der Waals surface area contributed by atoms with Crippen molar-refractivity contribution in [3.05, 3.63) is 0 Å². The van der Waals surface area contributed by atoms with E-state index in [4.69, 9.17) is 14.2 Å². The highest BCUT2D eigenvalue weighted by molar-refractivity contribution is 9.09. The van der Waals surface area contributed by atoms with Crippen LogP contribution in [0.15, 0.2) is 0 Å². The van der Waals surface area contributed by atoms with E-state index in [9.17, 15) is 14.4 Å². The van der Waals surface area contributed by atoms with Crippen LogP contribution in [0.3, 0.4) is 0 Å². The number of carbonyl (C=O) groups excluding carboxylic acids is 3. The zero-order valence-electron chi connectivity index (χ0n) is 17.9. The fourth-order valence-electron chi connectivity index (χ4n) is 2.29. The van der Waals surface area contributed by atoms with E-state index >= 15 is 0 Å². The van der Waals surface area contributed by atoms with Crippen molar-refractivity contribution in [2.45, 2.75) is 69.4 Å². The third-order valence-corrected chi connectivity index (χ3v) is 9.52. The summed E-state index contributed by atoms with van der Waals surface area (Å²) in [6.07, 6.45) is -0.618. The maximum absolute atomic E-state index is 12.1. The van der Waals surface area contributed by atoms with E-state index < -0.39 is 33.8 Å². The third kappa shape index (κ3) is 8.81. The van der Waals surface area contributed by atoms with Crippen LogP contribution < -0.4 is 10.6 Å². The van der Waals surface area contributed by atoms with Gasteiger partial charge >= 0.3 is 5.97 Å². The summed E-state index contributed by atoms with van der Waals surface area (Å²) in [5.74, 6) is -1.00. The topological polar surface area (TPSA) is 103 Å². The average Bonchev–Trinajstić information content (AvgIpc) is 2.58. The highest BCUT2D eigenvalue weighted by Crippen LogP contribution is 2.51. The SMILES string of the molecule is COC(=O)C(NC(C)=O)C(C)(C)SSSC(C)(C)C(NC(C)=O)C(OC)OC. The van der Waals surface area contributed by atoms with Crippen molar-refractivity contribution in [1.29, 1.82) is 0 Å². The van der Waals surface area contributed by atoms with Gasteiger partial charge in [0.1, 0.15) is 6.04 Å². The van der Waals surface area contributed by atoms with Gasteiger partial charge in [0.15, 0.2) is 6.29 Å². The van der Waals surface area contributed by atoms with Crippen LogP contribution in [0.1, 0.15) is 41.5 Å². The van der Waals surface area contributed by atoms with Crippen molar-refractivity contribution in [3.63, 3.8) is 0 Å². The lowest BCUT2D eigenvalue weighted by atomic mass is 10.0. The van der Waals surface area contributed by atoms with Crippen molar-refractivity contribution >= 4 is 49.2 Å². The Labute approximate surface area is 179 Å². The zero-order chi connectivity index (χ0) is 22.1. The highest BCUT2D eigenvalue weighted by atomic mass is 33.5. The summed E-state index contributed by atoms with van der Waals surface area (Å²) in [6.45, 7) is 10.4. The quantitative estimate of drug-likeness (QED) is 0.260. The second kappa shape index (κ2) is 12.2. The molecule has 0 aromatic carbocycles. The number of methoxy groups -OCH3 is 3. The number of nitrogens with one attached hydrogen (secondary N) is 2. The van der Waals surface area contributed by atoms with E-state index in [1.54, 1.807) is 0 Å². The number of ether oxygens (including phenoxy) is 3. The summed E-state index contributed by atoms with van der Waals surface area (Å²) in [5, 5.41) is 5.53. The summed E-state index contributed by atoms with van der Waals surface area (Å²) in [7, 11) is 8.72. The van der Waals surface area contributed by atoms with Crippen molar-refractivity contribution in [2.75, 3.05) is 21.3 Å². The van der Waals surface area contributed by atoms with Crippen LogP contribution in [-0.2, 0) is 28.6 Å². The maximum atomic E-state index is 12.1. The highest BCUT2D eigenvalue weighted by Gasteiger charge is 2.41. The lowest BCUT2D eigenvalue weighted by Gasteiger charge is -2.38. The molecular weight excluding hydrogens is 424 g/mol. The van der Waals surface area contributed by atoms with Crippen molar-refractivity contribution in [3.8, 4) is 0 Å². The number of rotatable bonds is 12. The molecule has 164 valence electrons. The fourth-order valence-corrected chi connectivity index (χ4v) is 8.41. The lowest BCUT2D eigenvalue weighted by molar-refractivity contribution is -0.145. The van der Waals surface area contributed by atoms with E-state index in [1.807, 2.05) is 27.7 Å². The number of amides is 2. The third-order valence-electron chi connectivity index (χ3n) is 3.82. The summed E-state index contributed by atoms with van der Waals surface area (Å²) >= 11 is 0. The van der Waals surface area contributed by atoms with Gasteiger partial charge in [-0.2, -0.15) is 0 Å². The lowest BCUT2D eigenvalue weighted by Crippen LogP contribution is -2.55. The van der Waals surface area contributed by atoms with E-state index in [0.29, 0.717) is 0 Å². The Morgan fingerprint density at radius 3 is 1.68 bits per heavy atom. The molecule has 0 aromatic rings. The van der Waals surface area contributed by atoms with Crippen LogP contribution in [0, 0.1) is 0 Å². The second-order valence-electron chi connectivity index (χ2n) is 7.12. The standard InChI is InChI=1S/C17H32N2O6S3/c1-10(20)18-12(14(22)23-7)16(3,4)26-28-27-17(5,6)13(19-11(2)21)15(24-8)25-9/h12-13,15H,1-9H3,(H,18,20)(H,19,21). The second-order valence-corrected chi connectivity index (χ2v) is 12.3. The molecule has 0 fully saturated rings. The van der Waals surface area contributed by atoms with Crippen LogP contribution in [0.25, 0.3) is 0 Å². The molecule has 0 aliphatic carbocycles. The monoisotopic (exact) mass is 456 g/mol. The molecule has 0 heterocycles. The Hall–Kier alpha value is -0.620. The Morgan fingerprint density at radius 2 is 1.29 bits per heavy atom. The van der Waals surface area contributed by atoms with Gasteiger partial charge in [0.25, 0.3) is 0 Å². The molecule has 0 aliphatic heterocycles. The number of hydrogen-bond acceptors (Lipinski definition) is 9. The molecular formula is C17H32N2O6S3. The first-order chi connectivity index (χ1) is 12.8. The van der Waals surface area contributed by atoms with Gasteiger partial charge in [-0.05, 0) is 37.5 Å². The minimum atomic E-state index is -0.798. The molecule has 8 nitrogen and oxygen atoms in total. The Morgan fingerprint density at radius 1 is 0.821 bits per heavy atom. The summed E-state index contributed by atoms with van der Waals surface area (Å²) in [5.41, 5.74) is 0. The van der Waals surface area contributed by atoms with Gasteiger partial charge in [-0.1, -0.05) is 21.6 Å². The van der Waals surface area contributed by atoms with E-state index in [1.165, 1.54) is 66.6 Å². The van der Waals surface area contributed by atoms with Crippen LogP contribution in [-0.4, -0.2) is 67.0 Å². The largest absolute Gasteiger partial charge is 0.467 e. The molecule has 0 aliphatic rings. The summed E-state index contributed by atoms with van der Waals surface area (Å²) in [4.78, 5) is 35.2. The van der Waals surface area contributed by atoms with Gasteiger partial charge in [-0.15, -0.1) is 0 Å². The molecule has 0 saturated carbocycles. The molecule has 0 radical (unpaired) electrons. The molecule has 0 bridgehead atoms. The van der Waals surface area contributed by atoms with Gasteiger partial charge in [0, 0.05) is 32.8 Å².